The molecule has 4 nitrogen and oxygen atoms in total. The third kappa shape index (κ3) is 3.78. The fourth-order valence-electron chi connectivity index (χ4n) is 3.23. The summed E-state index contributed by atoms with van der Waals surface area (Å²) in [6, 6.07) is 11.7. The molecule has 5 heteroatoms. The highest BCUT2D eigenvalue weighted by Crippen LogP contribution is 2.37. The van der Waals surface area contributed by atoms with Gasteiger partial charge in [-0.3, -0.25) is 4.90 Å². The molecule has 1 aromatic heterocycles. The molecule has 2 N–H and O–H groups in total. The Labute approximate surface area is 146 Å². The van der Waals surface area contributed by atoms with Crippen LogP contribution in [0.25, 0.3) is 0 Å². The van der Waals surface area contributed by atoms with E-state index < -0.39 is 0 Å². The molecule has 0 radical (unpaired) electrons. The number of thiophene rings is 1. The highest BCUT2D eigenvalue weighted by Gasteiger charge is 2.33. The Balaban J connectivity index is 1.57. The number of nitrogens with zero attached hydrogens (tertiary/aromatic N) is 1. The van der Waals surface area contributed by atoms with Crippen molar-refractivity contribution in [3.05, 3.63) is 52.2 Å². The largest absolute Gasteiger partial charge is 0.338 e. The molecule has 2 atom stereocenters. The number of hydrogen-bond donors (Lipinski definition) is 2. The lowest BCUT2D eigenvalue weighted by atomic mass is 9.99. The van der Waals surface area contributed by atoms with E-state index in [2.05, 4.69) is 46.0 Å². The van der Waals surface area contributed by atoms with Gasteiger partial charge in [-0.15, -0.1) is 17.8 Å². The number of rotatable bonds is 4. The average molecular weight is 339 g/mol. The van der Waals surface area contributed by atoms with E-state index in [1.54, 1.807) is 17.4 Å². The van der Waals surface area contributed by atoms with Crippen LogP contribution in [-0.4, -0.2) is 31.1 Å². The molecule has 2 amide bonds. The minimum Gasteiger partial charge on any atom is -0.338 e. The zero-order valence-electron chi connectivity index (χ0n) is 13.7. The first-order valence-corrected chi connectivity index (χ1v) is 8.90. The molecule has 0 saturated carbocycles. The van der Waals surface area contributed by atoms with Gasteiger partial charge in [0.2, 0.25) is 0 Å². The van der Waals surface area contributed by atoms with E-state index in [4.69, 9.17) is 6.42 Å². The second-order valence-electron chi connectivity index (χ2n) is 6.05. The third-order valence-electron chi connectivity index (χ3n) is 4.42. The molecule has 2 heterocycles. The molecule has 24 heavy (non-hydrogen) atoms. The summed E-state index contributed by atoms with van der Waals surface area (Å²) in [7, 11) is 2.15. The van der Waals surface area contributed by atoms with Crippen LogP contribution in [0.4, 0.5) is 10.5 Å². The summed E-state index contributed by atoms with van der Waals surface area (Å²) in [6.07, 6.45) is 6.47. The van der Waals surface area contributed by atoms with Gasteiger partial charge in [0, 0.05) is 28.7 Å². The van der Waals surface area contributed by atoms with Gasteiger partial charge in [0.1, 0.15) is 0 Å². The second kappa shape index (κ2) is 7.52. The van der Waals surface area contributed by atoms with Crippen LogP contribution >= 0.6 is 11.3 Å². The van der Waals surface area contributed by atoms with Crippen LogP contribution < -0.4 is 10.6 Å². The predicted octanol–water partition coefficient (Wildman–Crippen LogP) is 3.54. The summed E-state index contributed by atoms with van der Waals surface area (Å²) in [5, 5.41) is 7.95. The quantitative estimate of drug-likeness (QED) is 0.837. The summed E-state index contributed by atoms with van der Waals surface area (Å²) in [5.41, 5.74) is 1.46. The van der Waals surface area contributed by atoms with Crippen molar-refractivity contribution in [1.82, 2.24) is 10.2 Å². The maximum Gasteiger partial charge on any atom is 0.319 e. The second-order valence-corrected chi connectivity index (χ2v) is 7.03. The molecule has 1 aliphatic rings. The van der Waals surface area contributed by atoms with Gasteiger partial charge in [-0.05, 0) is 55.6 Å². The number of likely N-dealkylation sites (tertiary alicyclic amines) is 1. The molecule has 0 aliphatic carbocycles. The Morgan fingerprint density at radius 2 is 2.29 bits per heavy atom. The Morgan fingerprint density at radius 3 is 3.04 bits per heavy atom. The first-order valence-electron chi connectivity index (χ1n) is 8.02. The number of nitrogens with one attached hydrogen (secondary N) is 2. The number of urea groups is 1. The third-order valence-corrected chi connectivity index (χ3v) is 5.36. The van der Waals surface area contributed by atoms with E-state index in [0.717, 1.165) is 18.5 Å². The van der Waals surface area contributed by atoms with Gasteiger partial charge in [0.15, 0.2) is 0 Å². The molecule has 2 aromatic rings. The van der Waals surface area contributed by atoms with Gasteiger partial charge >= 0.3 is 6.03 Å². The number of carbonyl (C=O) groups is 1. The number of benzene rings is 1. The van der Waals surface area contributed by atoms with Crippen LogP contribution in [0.2, 0.25) is 0 Å². The topological polar surface area (TPSA) is 44.4 Å². The molecule has 2 unspecified atom stereocenters. The van der Waals surface area contributed by atoms with Crippen LogP contribution in [0.1, 0.15) is 22.9 Å². The predicted molar refractivity (Wildman–Crippen MR) is 99.2 cm³/mol. The summed E-state index contributed by atoms with van der Waals surface area (Å²) in [4.78, 5) is 15.9. The lowest BCUT2D eigenvalue weighted by Gasteiger charge is -2.24. The van der Waals surface area contributed by atoms with Gasteiger partial charge in [-0.2, -0.15) is 0 Å². The van der Waals surface area contributed by atoms with E-state index in [1.165, 1.54) is 4.88 Å². The lowest BCUT2D eigenvalue weighted by Crippen LogP contribution is -2.35. The molecule has 1 saturated heterocycles. The van der Waals surface area contributed by atoms with Crippen LogP contribution in [-0.2, 0) is 0 Å². The first kappa shape index (κ1) is 16.6. The summed E-state index contributed by atoms with van der Waals surface area (Å²) < 4.78 is 0. The van der Waals surface area contributed by atoms with E-state index >= 15 is 0 Å². The van der Waals surface area contributed by atoms with E-state index in [-0.39, 0.29) is 6.03 Å². The van der Waals surface area contributed by atoms with Crippen molar-refractivity contribution in [2.24, 2.45) is 5.92 Å². The number of hydrogen-bond acceptors (Lipinski definition) is 3. The molecule has 1 aromatic carbocycles. The van der Waals surface area contributed by atoms with Crippen molar-refractivity contribution < 1.29 is 4.79 Å². The number of anilines is 1. The summed E-state index contributed by atoms with van der Waals surface area (Å²) in [6.45, 7) is 1.72. The van der Waals surface area contributed by atoms with Crippen molar-refractivity contribution >= 4 is 23.1 Å². The number of terminal acetylenes is 1. The van der Waals surface area contributed by atoms with Gasteiger partial charge in [-0.1, -0.05) is 18.1 Å². The monoisotopic (exact) mass is 339 g/mol. The fraction of sp³-hybridized carbons (Fsp3) is 0.316. The Bertz CT molecular complexity index is 735. The highest BCUT2D eigenvalue weighted by atomic mass is 32.1. The van der Waals surface area contributed by atoms with Crippen molar-refractivity contribution in [2.75, 3.05) is 25.5 Å². The van der Waals surface area contributed by atoms with E-state index in [0.29, 0.717) is 24.2 Å². The van der Waals surface area contributed by atoms with Crippen LogP contribution in [0.3, 0.4) is 0 Å². The van der Waals surface area contributed by atoms with Gasteiger partial charge in [0.25, 0.3) is 0 Å². The van der Waals surface area contributed by atoms with Gasteiger partial charge in [0.05, 0.1) is 0 Å². The summed E-state index contributed by atoms with van der Waals surface area (Å²) in [5.74, 6) is 2.99. The van der Waals surface area contributed by atoms with Gasteiger partial charge < -0.3 is 10.6 Å². The molecule has 1 aliphatic heterocycles. The van der Waals surface area contributed by atoms with Crippen LogP contribution in [0.15, 0.2) is 41.8 Å². The normalized spacial score (nSPS) is 20.5. The average Bonchev–Trinajstić information content (AvgIpc) is 3.22. The zero-order chi connectivity index (χ0) is 16.9. The van der Waals surface area contributed by atoms with Crippen molar-refractivity contribution in [1.29, 1.82) is 0 Å². The SMILES string of the molecule is C#Cc1cccc(NC(=O)NCC2CCN(C)C2c2cccs2)c1. The maximum absolute atomic E-state index is 12.2. The molecule has 3 rings (SSSR count). The van der Waals surface area contributed by atoms with Crippen molar-refractivity contribution in [3.63, 3.8) is 0 Å². The smallest absolute Gasteiger partial charge is 0.319 e. The molecule has 124 valence electrons. The molecule has 0 spiro atoms. The van der Waals surface area contributed by atoms with Gasteiger partial charge in [-0.25, -0.2) is 4.79 Å². The Hall–Kier alpha value is -2.29. The maximum atomic E-state index is 12.2. The fourth-order valence-corrected chi connectivity index (χ4v) is 4.22. The zero-order valence-corrected chi connectivity index (χ0v) is 14.5. The number of carbonyl (C=O) groups excluding carboxylic acids is 1. The molecule has 0 bridgehead atoms. The Morgan fingerprint density at radius 1 is 1.42 bits per heavy atom. The lowest BCUT2D eigenvalue weighted by molar-refractivity contribution is 0.244. The highest BCUT2D eigenvalue weighted by molar-refractivity contribution is 7.10. The van der Waals surface area contributed by atoms with Crippen LogP contribution in [0, 0.1) is 18.3 Å². The standard InChI is InChI=1S/C19H21N3OS/c1-3-14-6-4-7-16(12-14)21-19(23)20-13-15-9-10-22(2)18(15)17-8-5-11-24-17/h1,4-8,11-12,15,18H,9-10,13H2,2H3,(H2,20,21,23). The minimum absolute atomic E-state index is 0.191. The molecule has 1 fully saturated rings. The summed E-state index contributed by atoms with van der Waals surface area (Å²) >= 11 is 1.78. The first-order chi connectivity index (χ1) is 11.7. The number of amides is 2. The van der Waals surface area contributed by atoms with E-state index in [9.17, 15) is 4.79 Å². The van der Waals surface area contributed by atoms with Crippen molar-refractivity contribution in [3.8, 4) is 12.3 Å². The van der Waals surface area contributed by atoms with Crippen LogP contribution in [0.5, 0.6) is 0 Å². The van der Waals surface area contributed by atoms with Crippen molar-refractivity contribution in [2.45, 2.75) is 12.5 Å². The van der Waals surface area contributed by atoms with E-state index in [1.807, 2.05) is 18.2 Å². The molecular weight excluding hydrogens is 318 g/mol. The Kier molecular flexibility index (Phi) is 5.19. The minimum atomic E-state index is -0.191. The molecular formula is C19H21N3OS.